The van der Waals surface area contributed by atoms with Crippen LogP contribution in [0.2, 0.25) is 0 Å². The van der Waals surface area contributed by atoms with E-state index in [1.807, 2.05) is 0 Å². The van der Waals surface area contributed by atoms with E-state index in [9.17, 15) is 13.0 Å². The van der Waals surface area contributed by atoms with Crippen LogP contribution >= 0.6 is 0 Å². The molecule has 1 atom stereocenters. The van der Waals surface area contributed by atoms with E-state index in [-0.39, 0.29) is 0 Å². The molecule has 1 heterocycles. The van der Waals surface area contributed by atoms with Crippen molar-refractivity contribution >= 4 is 17.0 Å². The molecule has 1 aromatic rings. The normalized spacial score (nSPS) is 12.6. The van der Waals surface area contributed by atoms with Crippen molar-refractivity contribution in [1.82, 2.24) is 9.97 Å². The summed E-state index contributed by atoms with van der Waals surface area (Å²) in [4.78, 5) is 5.64. The summed E-state index contributed by atoms with van der Waals surface area (Å²) in [5.74, 6) is -1.22. The molecule has 2 N–H and O–H groups in total. The molecule has 0 aliphatic rings. The summed E-state index contributed by atoms with van der Waals surface area (Å²) in [5, 5.41) is 0. The molecule has 1 unspecified atom stereocenters. The van der Waals surface area contributed by atoms with Crippen LogP contribution in [0.5, 0.6) is 0 Å². The Labute approximate surface area is 68.3 Å². The molecule has 0 bridgehead atoms. The van der Waals surface area contributed by atoms with Crippen LogP contribution in [0, 0.1) is 12.0 Å². The smallest absolute Gasteiger partial charge is 0.289 e. The van der Waals surface area contributed by atoms with Crippen molar-refractivity contribution in [3.63, 3.8) is 0 Å². The summed E-state index contributed by atoms with van der Waals surface area (Å²) >= 11 is -2.43. The third kappa shape index (κ3) is 2.17. The first-order chi connectivity index (χ1) is 5.59. The van der Waals surface area contributed by atoms with Gasteiger partial charge < -0.3 is 0 Å². The first-order valence-corrected chi connectivity index (χ1v) is 3.76. The molecule has 0 amide bonds. The molecule has 1 aromatic heterocycles. The van der Waals surface area contributed by atoms with Crippen molar-refractivity contribution in [3.8, 4) is 0 Å². The number of nitrogens with zero attached hydrogens (tertiary/aromatic N) is 2. The second kappa shape index (κ2) is 3.50. The van der Waals surface area contributed by atoms with Crippen molar-refractivity contribution in [3.05, 3.63) is 18.2 Å². The molecule has 0 saturated heterocycles. The molecule has 5 nitrogen and oxygen atoms in total. The molecule has 0 aliphatic carbocycles. The third-order valence-electron chi connectivity index (χ3n) is 0.910. The molecule has 0 aliphatic heterocycles. The number of hydrogen-bond donors (Lipinski definition) is 2. The van der Waals surface area contributed by atoms with Crippen molar-refractivity contribution in [2.24, 2.45) is 0 Å². The molecule has 0 fully saturated rings. The number of rotatable bonds is 2. The van der Waals surface area contributed by atoms with Crippen molar-refractivity contribution in [2.75, 3.05) is 4.72 Å². The van der Waals surface area contributed by atoms with Gasteiger partial charge >= 0.3 is 6.08 Å². The number of nitrogens with one attached hydrogen (secondary N) is 1. The van der Waals surface area contributed by atoms with Crippen molar-refractivity contribution < 1.29 is 17.5 Å². The van der Waals surface area contributed by atoms with Crippen LogP contribution in [0.4, 0.5) is 14.5 Å². The van der Waals surface area contributed by atoms with Gasteiger partial charge in [-0.15, -0.1) is 0 Å². The highest BCUT2D eigenvalue weighted by atomic mass is 32.2. The SMILES string of the molecule is O=S(O)Nc1cnc(F)nc1F. The first kappa shape index (κ1) is 8.94. The Morgan fingerprint density at radius 1 is 1.58 bits per heavy atom. The molecule has 66 valence electrons. The quantitative estimate of drug-likeness (QED) is 0.404. The number of aromatic nitrogens is 2. The van der Waals surface area contributed by atoms with Gasteiger partial charge in [-0.3, -0.25) is 9.27 Å². The average molecular weight is 195 g/mol. The Hall–Kier alpha value is -1.15. The Morgan fingerprint density at radius 2 is 2.25 bits per heavy atom. The number of anilines is 1. The summed E-state index contributed by atoms with van der Waals surface area (Å²) in [6, 6.07) is 0. The number of halogens is 2. The van der Waals surface area contributed by atoms with Crippen molar-refractivity contribution in [2.45, 2.75) is 0 Å². The van der Waals surface area contributed by atoms with Crippen molar-refractivity contribution in [1.29, 1.82) is 0 Å². The highest BCUT2D eigenvalue weighted by Gasteiger charge is 2.06. The molecule has 0 radical (unpaired) electrons. The van der Waals surface area contributed by atoms with Gasteiger partial charge in [-0.2, -0.15) is 13.8 Å². The summed E-state index contributed by atoms with van der Waals surface area (Å²) in [6.07, 6.45) is -0.507. The van der Waals surface area contributed by atoms with Gasteiger partial charge in [-0.05, 0) is 0 Å². The van der Waals surface area contributed by atoms with Gasteiger partial charge in [0.05, 0.1) is 6.20 Å². The second-order valence-corrected chi connectivity index (χ2v) is 2.40. The summed E-state index contributed by atoms with van der Waals surface area (Å²) < 4.78 is 44.7. The van der Waals surface area contributed by atoms with Gasteiger partial charge in [-0.1, -0.05) is 0 Å². The van der Waals surface area contributed by atoms with E-state index in [1.54, 1.807) is 4.72 Å². The van der Waals surface area contributed by atoms with Crippen LogP contribution in [0.1, 0.15) is 0 Å². The Morgan fingerprint density at radius 3 is 2.75 bits per heavy atom. The van der Waals surface area contributed by atoms with E-state index in [0.717, 1.165) is 6.20 Å². The molecule has 0 aromatic carbocycles. The topological polar surface area (TPSA) is 75.1 Å². The zero-order valence-electron chi connectivity index (χ0n) is 5.49. The average Bonchev–Trinajstić information content (AvgIpc) is 1.94. The fourth-order valence-corrected chi connectivity index (χ4v) is 0.829. The lowest BCUT2D eigenvalue weighted by atomic mass is 10.5. The summed E-state index contributed by atoms with van der Waals surface area (Å²) in [7, 11) is 0. The van der Waals surface area contributed by atoms with Crippen LogP contribution in [-0.4, -0.2) is 18.7 Å². The fraction of sp³-hybridized carbons (Fsp3) is 0. The molecule has 0 spiro atoms. The molecule has 1 rings (SSSR count). The molecular formula is C4H3F2N3O2S. The standard InChI is InChI=1S/C4H3F2N3O2S/c5-3-2(9-12(10)11)1-7-4(6)8-3/h1,9H,(H,10,11). The van der Waals surface area contributed by atoms with E-state index in [1.165, 1.54) is 0 Å². The Kier molecular flexibility index (Phi) is 2.61. The van der Waals surface area contributed by atoms with Gasteiger partial charge in [0.2, 0.25) is 5.95 Å². The first-order valence-electron chi connectivity index (χ1n) is 2.65. The highest BCUT2D eigenvalue weighted by molar-refractivity contribution is 7.80. The minimum atomic E-state index is -2.43. The number of hydrogen-bond acceptors (Lipinski definition) is 3. The predicted octanol–water partition coefficient (Wildman–Crippen LogP) is 0.303. The minimum Gasteiger partial charge on any atom is -0.289 e. The Balaban J connectivity index is 2.93. The predicted molar refractivity (Wildman–Crippen MR) is 36.3 cm³/mol. The van der Waals surface area contributed by atoms with Crippen LogP contribution in [0.25, 0.3) is 0 Å². The monoisotopic (exact) mass is 195 g/mol. The van der Waals surface area contributed by atoms with Crippen LogP contribution in [-0.2, 0) is 11.3 Å². The van der Waals surface area contributed by atoms with Crippen LogP contribution in [0.3, 0.4) is 0 Å². The molecular weight excluding hydrogens is 192 g/mol. The third-order valence-corrected chi connectivity index (χ3v) is 1.30. The summed E-state index contributed by atoms with van der Waals surface area (Å²) in [6.45, 7) is 0. The highest BCUT2D eigenvalue weighted by Crippen LogP contribution is 2.09. The van der Waals surface area contributed by atoms with Gasteiger partial charge in [-0.25, -0.2) is 9.19 Å². The zero-order chi connectivity index (χ0) is 9.14. The van der Waals surface area contributed by atoms with Gasteiger partial charge in [0, 0.05) is 0 Å². The van der Waals surface area contributed by atoms with E-state index in [4.69, 9.17) is 4.55 Å². The fourth-order valence-electron chi connectivity index (χ4n) is 0.504. The van der Waals surface area contributed by atoms with Gasteiger partial charge in [0.25, 0.3) is 11.3 Å². The largest absolute Gasteiger partial charge is 0.311 e. The zero-order valence-corrected chi connectivity index (χ0v) is 6.31. The van der Waals surface area contributed by atoms with E-state index < -0.39 is 29.0 Å². The maximum atomic E-state index is 12.5. The minimum absolute atomic E-state index is 0.433. The Bertz CT molecular complexity index is 321. The van der Waals surface area contributed by atoms with Crippen LogP contribution < -0.4 is 4.72 Å². The maximum absolute atomic E-state index is 12.5. The lowest BCUT2D eigenvalue weighted by molar-refractivity contribution is 0.485. The van der Waals surface area contributed by atoms with E-state index in [0.29, 0.717) is 0 Å². The van der Waals surface area contributed by atoms with Gasteiger partial charge in [0.1, 0.15) is 5.69 Å². The molecule has 0 saturated carbocycles. The molecule has 8 heteroatoms. The van der Waals surface area contributed by atoms with E-state index >= 15 is 0 Å². The summed E-state index contributed by atoms with van der Waals surface area (Å²) in [5.41, 5.74) is -0.433. The van der Waals surface area contributed by atoms with Crippen LogP contribution in [0.15, 0.2) is 6.20 Å². The second-order valence-electron chi connectivity index (χ2n) is 1.69. The molecule has 12 heavy (non-hydrogen) atoms. The lowest BCUT2D eigenvalue weighted by Crippen LogP contribution is -2.06. The van der Waals surface area contributed by atoms with Gasteiger partial charge in [0.15, 0.2) is 0 Å². The van der Waals surface area contributed by atoms with E-state index in [2.05, 4.69) is 9.97 Å². The maximum Gasteiger partial charge on any atom is 0.311 e. The lowest BCUT2D eigenvalue weighted by Gasteiger charge is -1.99.